The van der Waals surface area contributed by atoms with Crippen LogP contribution in [-0.4, -0.2) is 80.7 Å². The molecule has 3 aliphatic heterocycles. The second-order valence-corrected chi connectivity index (χ2v) is 12.1. The van der Waals surface area contributed by atoms with Crippen LogP contribution in [0.5, 0.6) is 5.75 Å². The van der Waals surface area contributed by atoms with Gasteiger partial charge < -0.3 is 19.3 Å². The number of nitrogens with zero attached hydrogens (tertiary/aromatic N) is 5. The fraction of sp³-hybridized carbons (Fsp3) is 0.519. The van der Waals surface area contributed by atoms with Gasteiger partial charge in [0.25, 0.3) is 11.5 Å². The van der Waals surface area contributed by atoms with Gasteiger partial charge in [-0.1, -0.05) is 6.07 Å². The molecule has 13 heteroatoms. The van der Waals surface area contributed by atoms with Crippen molar-refractivity contribution in [3.8, 4) is 5.75 Å². The molecule has 0 spiro atoms. The third-order valence-corrected chi connectivity index (χ3v) is 9.55. The molecule has 1 saturated heterocycles. The van der Waals surface area contributed by atoms with E-state index in [1.165, 1.54) is 29.6 Å². The minimum Gasteiger partial charge on any atom is -0.495 e. The van der Waals surface area contributed by atoms with Crippen molar-refractivity contribution in [3.63, 3.8) is 0 Å². The highest BCUT2D eigenvalue weighted by Crippen LogP contribution is 2.42. The molecule has 3 aliphatic rings. The predicted octanol–water partition coefficient (Wildman–Crippen LogP) is 2.19. The molecule has 40 heavy (non-hydrogen) atoms. The predicted molar refractivity (Wildman–Crippen MR) is 149 cm³/mol. The Morgan fingerprint density at radius 1 is 1.15 bits per heavy atom. The van der Waals surface area contributed by atoms with Crippen molar-refractivity contribution in [2.75, 3.05) is 54.9 Å². The van der Waals surface area contributed by atoms with E-state index in [1.807, 2.05) is 18.7 Å². The van der Waals surface area contributed by atoms with Crippen LogP contribution in [0.4, 0.5) is 15.9 Å². The van der Waals surface area contributed by atoms with Crippen molar-refractivity contribution in [2.24, 2.45) is 0 Å². The number of hydrogen-bond acceptors (Lipinski definition) is 8. The van der Waals surface area contributed by atoms with Gasteiger partial charge in [0.2, 0.25) is 10.0 Å². The van der Waals surface area contributed by atoms with Gasteiger partial charge in [0.05, 0.1) is 38.1 Å². The third-order valence-electron chi connectivity index (χ3n) is 7.64. The zero-order valence-corrected chi connectivity index (χ0v) is 24.0. The number of halogens is 1. The summed E-state index contributed by atoms with van der Waals surface area (Å²) in [5.74, 6) is -0.425. The number of hydrogen-bond donors (Lipinski definition) is 0. The summed E-state index contributed by atoms with van der Waals surface area (Å²) in [4.78, 5) is 31.3. The minimum atomic E-state index is -3.86. The number of carbonyl (C=O) groups excluding carboxylic acids is 1. The van der Waals surface area contributed by atoms with Gasteiger partial charge in [0.1, 0.15) is 28.6 Å². The minimum absolute atomic E-state index is 0.0827. The van der Waals surface area contributed by atoms with Crippen LogP contribution < -0.4 is 19.5 Å². The third kappa shape index (κ3) is 4.69. The Bertz CT molecular complexity index is 1540. The highest BCUT2D eigenvalue weighted by Gasteiger charge is 2.43. The molecule has 4 heterocycles. The number of likely N-dealkylation sites (N-methyl/N-ethyl adjacent to an activating group) is 1. The molecule has 5 rings (SSSR count). The molecule has 1 amide bonds. The molecule has 11 nitrogen and oxygen atoms in total. The summed E-state index contributed by atoms with van der Waals surface area (Å²) in [6.45, 7) is 6.70. The van der Waals surface area contributed by atoms with Crippen LogP contribution in [0.25, 0.3) is 5.76 Å². The first-order valence-electron chi connectivity index (χ1n) is 13.5. The van der Waals surface area contributed by atoms with E-state index >= 15 is 0 Å². The van der Waals surface area contributed by atoms with E-state index in [4.69, 9.17) is 9.47 Å². The van der Waals surface area contributed by atoms with Gasteiger partial charge in [-0.25, -0.2) is 17.5 Å². The van der Waals surface area contributed by atoms with E-state index in [0.717, 1.165) is 4.68 Å². The molecule has 4 bridgehead atoms. The first-order chi connectivity index (χ1) is 19.1. The topological polar surface area (TPSA) is 114 Å². The van der Waals surface area contributed by atoms with Crippen molar-refractivity contribution in [3.05, 3.63) is 51.1 Å². The maximum atomic E-state index is 14.2. The van der Waals surface area contributed by atoms with E-state index in [2.05, 4.69) is 5.10 Å². The molecule has 0 radical (unpaired) electrons. The highest BCUT2D eigenvalue weighted by molar-refractivity contribution is 7.92. The monoisotopic (exact) mass is 575 g/mol. The van der Waals surface area contributed by atoms with Gasteiger partial charge in [0.15, 0.2) is 5.82 Å². The largest absolute Gasteiger partial charge is 0.495 e. The van der Waals surface area contributed by atoms with Gasteiger partial charge in [-0.15, -0.1) is 5.10 Å². The van der Waals surface area contributed by atoms with E-state index in [9.17, 15) is 22.4 Å². The lowest BCUT2D eigenvalue weighted by molar-refractivity contribution is -0.126. The van der Waals surface area contributed by atoms with Crippen molar-refractivity contribution in [2.45, 2.75) is 46.2 Å². The Morgan fingerprint density at radius 2 is 1.93 bits per heavy atom. The standard InChI is InChI=1S/C27H34FN5O6S/c1-5-30-14-17(3)31-16-20(26(30)34)24(38-4)22-23(31)25-29-32(27(22)35)15-18-9-10-19(28)13-21(18)39-11-7-8-12-40(36,37)33(25)6-2/h9-10,13,17H,5-8,11-12,14-16H2,1-4H3. The average Bonchev–Trinajstić information content (AvgIpc) is 3.02. The molecule has 216 valence electrons. The zero-order valence-electron chi connectivity index (χ0n) is 23.1. The second kappa shape index (κ2) is 10.8. The summed E-state index contributed by atoms with van der Waals surface area (Å²) < 4.78 is 55.4. The lowest BCUT2D eigenvalue weighted by atomic mass is 10.0. The zero-order chi connectivity index (χ0) is 28.8. The van der Waals surface area contributed by atoms with E-state index in [0.29, 0.717) is 42.8 Å². The molecule has 1 aromatic carbocycles. The number of fused-ring (bicyclic) bond motifs is 8. The van der Waals surface area contributed by atoms with Crippen LogP contribution in [-0.2, 0) is 26.1 Å². The first-order valence-corrected chi connectivity index (χ1v) is 15.1. The Labute approximate surface area is 232 Å². The Morgan fingerprint density at radius 3 is 2.62 bits per heavy atom. The Kier molecular flexibility index (Phi) is 7.51. The summed E-state index contributed by atoms with van der Waals surface area (Å²) >= 11 is 0. The molecule has 1 fully saturated rings. The lowest BCUT2D eigenvalue weighted by Gasteiger charge is -2.37. The van der Waals surface area contributed by atoms with Crippen molar-refractivity contribution >= 4 is 33.2 Å². The fourth-order valence-corrected chi connectivity index (χ4v) is 7.18. The van der Waals surface area contributed by atoms with E-state index in [-0.39, 0.29) is 66.8 Å². The molecule has 0 aliphatic carbocycles. The van der Waals surface area contributed by atoms with E-state index in [1.54, 1.807) is 11.8 Å². The molecular formula is C27H34FN5O6S. The molecule has 1 atom stereocenters. The van der Waals surface area contributed by atoms with Crippen LogP contribution >= 0.6 is 0 Å². The molecular weight excluding hydrogens is 541 g/mol. The van der Waals surface area contributed by atoms with Crippen molar-refractivity contribution in [1.82, 2.24) is 14.7 Å². The number of aromatic nitrogens is 2. The smallest absolute Gasteiger partial charge is 0.280 e. The van der Waals surface area contributed by atoms with Gasteiger partial charge in [-0.2, -0.15) is 0 Å². The molecule has 2 aromatic rings. The number of benzene rings is 1. The van der Waals surface area contributed by atoms with Crippen LogP contribution in [0.2, 0.25) is 0 Å². The van der Waals surface area contributed by atoms with E-state index < -0.39 is 21.4 Å². The number of methoxy groups -OCH3 is 1. The van der Waals surface area contributed by atoms with Gasteiger partial charge in [0, 0.05) is 37.3 Å². The summed E-state index contributed by atoms with van der Waals surface area (Å²) in [5, 5.41) is 4.64. The van der Waals surface area contributed by atoms with Gasteiger partial charge in [-0.3, -0.25) is 13.9 Å². The van der Waals surface area contributed by atoms with Crippen molar-refractivity contribution in [1.29, 1.82) is 0 Å². The number of anilines is 2. The molecule has 0 N–H and O–H groups in total. The van der Waals surface area contributed by atoms with Crippen LogP contribution in [0.15, 0.2) is 28.6 Å². The normalized spacial score (nSPS) is 20.9. The average molecular weight is 576 g/mol. The number of ether oxygens (including phenoxy) is 2. The molecule has 0 saturated carbocycles. The molecule has 1 aromatic heterocycles. The molecule has 1 unspecified atom stereocenters. The maximum absolute atomic E-state index is 14.2. The van der Waals surface area contributed by atoms with Gasteiger partial charge >= 0.3 is 0 Å². The fourth-order valence-electron chi connectivity index (χ4n) is 5.62. The van der Waals surface area contributed by atoms with Crippen LogP contribution in [0, 0.1) is 5.82 Å². The van der Waals surface area contributed by atoms with Gasteiger partial charge in [-0.05, 0) is 39.7 Å². The summed E-state index contributed by atoms with van der Waals surface area (Å²) in [5.41, 5.74) is 0.697. The number of amides is 1. The first kappa shape index (κ1) is 27.9. The summed E-state index contributed by atoms with van der Waals surface area (Å²) in [6.07, 6.45) is 0.757. The number of carbonyl (C=O) groups is 1. The second-order valence-electron chi connectivity index (χ2n) is 10.1. The van der Waals surface area contributed by atoms with Crippen molar-refractivity contribution < 1.29 is 27.1 Å². The summed E-state index contributed by atoms with van der Waals surface area (Å²) in [7, 11) is -2.46. The van der Waals surface area contributed by atoms with Crippen LogP contribution in [0.1, 0.15) is 44.7 Å². The maximum Gasteiger partial charge on any atom is 0.280 e. The quantitative estimate of drug-likeness (QED) is 0.547. The Balaban J connectivity index is 1.85. The lowest BCUT2D eigenvalue weighted by Crippen LogP contribution is -2.45. The van der Waals surface area contributed by atoms with Crippen LogP contribution in [0.3, 0.4) is 0 Å². The highest BCUT2D eigenvalue weighted by atomic mass is 32.2. The Hall–Kier alpha value is -3.61. The number of rotatable bonds is 3. The summed E-state index contributed by atoms with van der Waals surface area (Å²) in [6, 6.07) is 3.80. The number of sulfonamides is 1. The SMILES string of the molecule is CCN1CC(C)N2CC(=C(OC)c3c2c2nn(c3=O)Cc3ccc(F)cc3OCCCCS(=O)(=O)N2CC)C1=O.